The van der Waals surface area contributed by atoms with Gasteiger partial charge >= 0.3 is 5.97 Å². The number of carboxylic acid groups (broad SMARTS) is 1. The molecule has 5 heteroatoms. The van der Waals surface area contributed by atoms with E-state index in [1.54, 1.807) is 14.0 Å². The van der Waals surface area contributed by atoms with Gasteiger partial charge in [-0.25, -0.2) is 0 Å². The van der Waals surface area contributed by atoms with Gasteiger partial charge in [0.05, 0.1) is 12.8 Å². The molecular formula is C16H26N2O3. The predicted octanol–water partition coefficient (Wildman–Crippen LogP) is 2.36. The zero-order valence-electron chi connectivity index (χ0n) is 13.3. The molecule has 0 amide bonds. The molecule has 1 rings (SSSR count). The third-order valence-electron chi connectivity index (χ3n) is 3.68. The summed E-state index contributed by atoms with van der Waals surface area (Å²) in [4.78, 5) is 13.5. The lowest BCUT2D eigenvalue weighted by atomic mass is 9.97. The van der Waals surface area contributed by atoms with Crippen LogP contribution in [0.2, 0.25) is 0 Å². The Bertz CT molecular complexity index is 465. The Morgan fingerprint density at radius 3 is 2.67 bits per heavy atom. The zero-order valence-corrected chi connectivity index (χ0v) is 13.3. The Hall–Kier alpha value is -1.75. The molecule has 0 heterocycles. The largest absolute Gasteiger partial charge is 0.495 e. The zero-order chi connectivity index (χ0) is 15.9. The molecule has 0 aliphatic heterocycles. The lowest BCUT2D eigenvalue weighted by Gasteiger charge is -2.30. The lowest BCUT2D eigenvalue weighted by Crippen LogP contribution is -2.51. The number of benzene rings is 1. The van der Waals surface area contributed by atoms with Crippen LogP contribution in [0.3, 0.4) is 0 Å². The summed E-state index contributed by atoms with van der Waals surface area (Å²) in [6.07, 6.45) is 1.42. The van der Waals surface area contributed by atoms with Gasteiger partial charge in [0.2, 0.25) is 0 Å². The van der Waals surface area contributed by atoms with Crippen LogP contribution < -0.4 is 15.0 Å². The van der Waals surface area contributed by atoms with E-state index in [0.29, 0.717) is 19.5 Å². The maximum absolute atomic E-state index is 11.5. The summed E-state index contributed by atoms with van der Waals surface area (Å²) < 4.78 is 5.34. The van der Waals surface area contributed by atoms with Crippen LogP contribution in [0.5, 0.6) is 5.75 Å². The fraction of sp³-hybridized carbons (Fsp3) is 0.562. The van der Waals surface area contributed by atoms with Crippen molar-refractivity contribution in [1.29, 1.82) is 0 Å². The van der Waals surface area contributed by atoms with Crippen molar-refractivity contribution in [2.45, 2.75) is 32.2 Å². The van der Waals surface area contributed by atoms with Gasteiger partial charge in [-0.15, -0.1) is 0 Å². The van der Waals surface area contributed by atoms with Crippen molar-refractivity contribution in [3.05, 3.63) is 24.3 Å². The molecular weight excluding hydrogens is 268 g/mol. The molecule has 5 nitrogen and oxygen atoms in total. The van der Waals surface area contributed by atoms with Crippen molar-refractivity contribution in [2.75, 3.05) is 32.1 Å². The summed E-state index contributed by atoms with van der Waals surface area (Å²) in [5.74, 6) is -0.0251. The Balaban J connectivity index is 2.73. The minimum atomic E-state index is -0.910. The number of nitrogens with zero attached hydrogens (tertiary/aromatic N) is 1. The van der Waals surface area contributed by atoms with Crippen LogP contribution in [0.15, 0.2) is 24.3 Å². The first-order chi connectivity index (χ1) is 9.94. The molecule has 0 spiro atoms. The van der Waals surface area contributed by atoms with E-state index < -0.39 is 11.5 Å². The minimum absolute atomic E-state index is 0.511. The summed E-state index contributed by atoms with van der Waals surface area (Å²) in [7, 11) is 3.58. The highest BCUT2D eigenvalue weighted by Gasteiger charge is 2.32. The Morgan fingerprint density at radius 2 is 2.10 bits per heavy atom. The first-order valence-electron chi connectivity index (χ1n) is 7.27. The van der Waals surface area contributed by atoms with Gasteiger partial charge in [-0.05, 0) is 38.4 Å². The van der Waals surface area contributed by atoms with E-state index in [2.05, 4.69) is 5.32 Å². The molecule has 0 aliphatic carbocycles. The van der Waals surface area contributed by atoms with Gasteiger partial charge in [0, 0.05) is 13.6 Å². The SMILES string of the molecule is CCCNC(C)(CCN(C)c1ccccc1OC)C(=O)O. The molecule has 0 saturated carbocycles. The van der Waals surface area contributed by atoms with Gasteiger partial charge in [0.25, 0.3) is 0 Å². The predicted molar refractivity (Wildman–Crippen MR) is 85.2 cm³/mol. The number of hydrogen-bond donors (Lipinski definition) is 2. The fourth-order valence-electron chi connectivity index (χ4n) is 2.13. The fourth-order valence-corrected chi connectivity index (χ4v) is 2.13. The number of hydrogen-bond acceptors (Lipinski definition) is 4. The van der Waals surface area contributed by atoms with Crippen LogP contribution >= 0.6 is 0 Å². The summed E-state index contributed by atoms with van der Waals surface area (Å²) in [6, 6.07) is 7.73. The first kappa shape index (κ1) is 17.3. The van der Waals surface area contributed by atoms with Crippen LogP contribution in [0.25, 0.3) is 0 Å². The second-order valence-corrected chi connectivity index (χ2v) is 5.41. The standard InChI is InChI=1S/C16H26N2O3/c1-5-11-17-16(2,15(19)20)10-12-18(3)13-8-6-7-9-14(13)21-4/h6-9,17H,5,10-12H2,1-4H3,(H,19,20). The second kappa shape index (κ2) is 7.88. The maximum Gasteiger partial charge on any atom is 0.323 e. The van der Waals surface area contributed by atoms with E-state index in [0.717, 1.165) is 17.9 Å². The van der Waals surface area contributed by atoms with Crippen molar-refractivity contribution in [1.82, 2.24) is 5.32 Å². The number of anilines is 1. The molecule has 1 unspecified atom stereocenters. The molecule has 21 heavy (non-hydrogen) atoms. The molecule has 2 N–H and O–H groups in total. The van der Waals surface area contributed by atoms with E-state index in [9.17, 15) is 9.90 Å². The van der Waals surface area contributed by atoms with Crippen molar-refractivity contribution in [2.24, 2.45) is 0 Å². The Kier molecular flexibility index (Phi) is 6.49. The molecule has 0 saturated heterocycles. The van der Waals surface area contributed by atoms with Crippen molar-refractivity contribution < 1.29 is 14.6 Å². The van der Waals surface area contributed by atoms with Crippen molar-refractivity contribution >= 4 is 11.7 Å². The molecule has 1 aromatic rings. The number of para-hydroxylation sites is 2. The monoisotopic (exact) mass is 294 g/mol. The number of nitrogens with one attached hydrogen (secondary N) is 1. The van der Waals surface area contributed by atoms with Gasteiger partial charge in [-0.2, -0.15) is 0 Å². The highest BCUT2D eigenvalue weighted by molar-refractivity contribution is 5.78. The molecule has 118 valence electrons. The van der Waals surface area contributed by atoms with Gasteiger partial charge < -0.3 is 20.1 Å². The highest BCUT2D eigenvalue weighted by Crippen LogP contribution is 2.27. The number of aliphatic carboxylic acids is 1. The van der Waals surface area contributed by atoms with Crippen molar-refractivity contribution in [3.8, 4) is 5.75 Å². The highest BCUT2D eigenvalue weighted by atomic mass is 16.5. The molecule has 1 aromatic carbocycles. The number of ether oxygens (including phenoxy) is 1. The Labute approximate surface area is 126 Å². The van der Waals surface area contributed by atoms with E-state index >= 15 is 0 Å². The normalized spacial score (nSPS) is 13.5. The molecule has 0 aliphatic rings. The van der Waals surface area contributed by atoms with Crippen molar-refractivity contribution in [3.63, 3.8) is 0 Å². The summed E-state index contributed by atoms with van der Waals surface area (Å²) in [5.41, 5.74) is 0.0509. The van der Waals surface area contributed by atoms with Gasteiger partial charge in [-0.1, -0.05) is 19.1 Å². The molecule has 0 fully saturated rings. The minimum Gasteiger partial charge on any atom is -0.495 e. The summed E-state index contributed by atoms with van der Waals surface area (Å²) in [5, 5.41) is 12.6. The van der Waals surface area contributed by atoms with Crippen LogP contribution in [-0.4, -0.2) is 43.9 Å². The summed E-state index contributed by atoms with van der Waals surface area (Å²) >= 11 is 0. The van der Waals surface area contributed by atoms with Crippen LogP contribution in [0, 0.1) is 0 Å². The molecule has 0 bridgehead atoms. The topological polar surface area (TPSA) is 61.8 Å². The molecule has 1 atom stereocenters. The average molecular weight is 294 g/mol. The van der Waals surface area contributed by atoms with E-state index in [-0.39, 0.29) is 0 Å². The van der Waals surface area contributed by atoms with E-state index in [1.165, 1.54) is 0 Å². The van der Waals surface area contributed by atoms with Gasteiger partial charge in [0.15, 0.2) is 0 Å². The quantitative estimate of drug-likeness (QED) is 0.732. The van der Waals surface area contributed by atoms with Crippen LogP contribution in [0.4, 0.5) is 5.69 Å². The number of carboxylic acids is 1. The van der Waals surface area contributed by atoms with Crippen LogP contribution in [-0.2, 0) is 4.79 Å². The van der Waals surface area contributed by atoms with Gasteiger partial charge in [-0.3, -0.25) is 4.79 Å². The number of methoxy groups -OCH3 is 1. The first-order valence-corrected chi connectivity index (χ1v) is 7.27. The smallest absolute Gasteiger partial charge is 0.323 e. The van der Waals surface area contributed by atoms with E-state index in [4.69, 9.17) is 4.74 Å². The molecule has 0 aromatic heterocycles. The number of carbonyl (C=O) groups is 1. The number of rotatable bonds is 9. The third-order valence-corrected chi connectivity index (χ3v) is 3.68. The second-order valence-electron chi connectivity index (χ2n) is 5.41. The summed E-state index contributed by atoms with van der Waals surface area (Å²) in [6.45, 7) is 5.08. The van der Waals surface area contributed by atoms with Crippen LogP contribution in [0.1, 0.15) is 26.7 Å². The lowest BCUT2D eigenvalue weighted by molar-refractivity contribution is -0.144. The third kappa shape index (κ3) is 4.63. The van der Waals surface area contributed by atoms with Gasteiger partial charge in [0.1, 0.15) is 11.3 Å². The molecule has 0 radical (unpaired) electrons. The maximum atomic E-state index is 11.5. The average Bonchev–Trinajstić information content (AvgIpc) is 2.50. The Morgan fingerprint density at radius 1 is 1.43 bits per heavy atom. The van der Waals surface area contributed by atoms with E-state index in [1.807, 2.05) is 43.1 Å².